The first-order valence-electron chi connectivity index (χ1n) is 4.51. The van der Waals surface area contributed by atoms with E-state index in [0.717, 1.165) is 25.9 Å². The summed E-state index contributed by atoms with van der Waals surface area (Å²) in [5.74, 6) is 0.433. The molecule has 13 heavy (non-hydrogen) atoms. The van der Waals surface area contributed by atoms with E-state index in [4.69, 9.17) is 10.9 Å². The van der Waals surface area contributed by atoms with Gasteiger partial charge in [0.1, 0.15) is 0 Å². The number of amidine groups is 1. The van der Waals surface area contributed by atoms with Gasteiger partial charge in [0.15, 0.2) is 5.84 Å². The van der Waals surface area contributed by atoms with Gasteiger partial charge < -0.3 is 10.9 Å². The van der Waals surface area contributed by atoms with Crippen molar-refractivity contribution in [1.29, 1.82) is 0 Å². The number of halogens is 1. The lowest BCUT2D eigenvalue weighted by atomic mass is 9.98. The molecule has 0 aliphatic carbocycles. The first-order valence-corrected chi connectivity index (χ1v) is 4.51. The van der Waals surface area contributed by atoms with Crippen LogP contribution in [0.15, 0.2) is 5.16 Å². The highest BCUT2D eigenvalue weighted by molar-refractivity contribution is 5.81. The molecule has 0 radical (unpaired) electrons. The van der Waals surface area contributed by atoms with E-state index in [-0.39, 0.29) is 18.4 Å². The van der Waals surface area contributed by atoms with Crippen LogP contribution < -0.4 is 5.73 Å². The maximum Gasteiger partial charge on any atom is 0.153 e. The molecule has 76 valence electrons. The molecule has 0 aromatic heterocycles. The molecule has 1 rings (SSSR count). The Kier molecular flexibility index (Phi) is 3.95. The Morgan fingerprint density at radius 1 is 1.54 bits per heavy atom. The van der Waals surface area contributed by atoms with Crippen molar-refractivity contribution in [2.24, 2.45) is 16.8 Å². The minimum absolute atomic E-state index is 0.212. The molecule has 1 aliphatic rings. The zero-order valence-electron chi connectivity index (χ0n) is 7.62. The molecule has 4 nitrogen and oxygen atoms in total. The van der Waals surface area contributed by atoms with Crippen LogP contribution in [0.25, 0.3) is 0 Å². The first kappa shape index (κ1) is 10.2. The van der Waals surface area contributed by atoms with Gasteiger partial charge in [-0.3, -0.25) is 9.29 Å². The number of nitrogens with zero attached hydrogens (tertiary/aromatic N) is 2. The maximum atomic E-state index is 12.2. The van der Waals surface area contributed by atoms with Crippen LogP contribution in [0.5, 0.6) is 0 Å². The van der Waals surface area contributed by atoms with E-state index in [1.54, 1.807) is 0 Å². The van der Waals surface area contributed by atoms with Crippen molar-refractivity contribution < 1.29 is 9.60 Å². The van der Waals surface area contributed by atoms with Crippen LogP contribution in [0.2, 0.25) is 0 Å². The molecule has 0 aromatic rings. The maximum absolute atomic E-state index is 12.2. The normalized spacial score (nSPS) is 22.1. The van der Waals surface area contributed by atoms with E-state index < -0.39 is 0 Å². The SMILES string of the molecule is NC(CN1CCC(CF)CC1)=NO. The summed E-state index contributed by atoms with van der Waals surface area (Å²) >= 11 is 0. The summed E-state index contributed by atoms with van der Waals surface area (Å²) in [6, 6.07) is 0. The van der Waals surface area contributed by atoms with Gasteiger partial charge in [-0.25, -0.2) is 0 Å². The summed E-state index contributed by atoms with van der Waals surface area (Å²) in [4.78, 5) is 2.07. The predicted octanol–water partition coefficient (Wildman–Crippen LogP) is 0.414. The van der Waals surface area contributed by atoms with Gasteiger partial charge in [-0.05, 0) is 31.8 Å². The first-order chi connectivity index (χ1) is 6.26. The monoisotopic (exact) mass is 189 g/mol. The number of alkyl halides is 1. The topological polar surface area (TPSA) is 61.8 Å². The van der Waals surface area contributed by atoms with E-state index in [9.17, 15) is 4.39 Å². The third kappa shape index (κ3) is 3.18. The van der Waals surface area contributed by atoms with Gasteiger partial charge in [-0.2, -0.15) is 0 Å². The fourth-order valence-corrected chi connectivity index (χ4v) is 1.56. The van der Waals surface area contributed by atoms with Gasteiger partial charge >= 0.3 is 0 Å². The summed E-state index contributed by atoms with van der Waals surface area (Å²) in [5, 5.41) is 11.2. The fraction of sp³-hybridized carbons (Fsp3) is 0.875. The Balaban J connectivity index is 2.25. The van der Waals surface area contributed by atoms with Crippen molar-refractivity contribution in [2.45, 2.75) is 12.8 Å². The molecule has 0 atom stereocenters. The number of nitrogens with two attached hydrogens (primary N) is 1. The minimum atomic E-state index is -0.225. The molecule has 0 aromatic carbocycles. The largest absolute Gasteiger partial charge is 0.409 e. The third-order valence-electron chi connectivity index (χ3n) is 2.44. The Morgan fingerprint density at radius 2 is 2.15 bits per heavy atom. The van der Waals surface area contributed by atoms with Crippen LogP contribution in [-0.4, -0.2) is 42.3 Å². The summed E-state index contributed by atoms with van der Waals surface area (Å²) < 4.78 is 12.2. The fourth-order valence-electron chi connectivity index (χ4n) is 1.56. The van der Waals surface area contributed by atoms with Gasteiger partial charge in [0.2, 0.25) is 0 Å². The standard InChI is InChI=1S/C8H16FN3O/c9-5-7-1-3-12(4-2-7)6-8(10)11-13/h7,13H,1-6H2,(H2,10,11). The van der Waals surface area contributed by atoms with Crippen molar-refractivity contribution >= 4 is 5.84 Å². The van der Waals surface area contributed by atoms with Gasteiger partial charge in [0.25, 0.3) is 0 Å². The van der Waals surface area contributed by atoms with Crippen LogP contribution in [-0.2, 0) is 0 Å². The Morgan fingerprint density at radius 3 is 2.62 bits per heavy atom. The second-order valence-corrected chi connectivity index (χ2v) is 3.47. The quantitative estimate of drug-likeness (QED) is 0.292. The van der Waals surface area contributed by atoms with Gasteiger partial charge in [0.05, 0.1) is 13.2 Å². The van der Waals surface area contributed by atoms with Crippen LogP contribution in [0.1, 0.15) is 12.8 Å². The molecule has 0 spiro atoms. The van der Waals surface area contributed by atoms with Crippen molar-refractivity contribution in [3.8, 4) is 0 Å². The second kappa shape index (κ2) is 5.01. The molecular weight excluding hydrogens is 173 g/mol. The Hall–Kier alpha value is -0.840. The lowest BCUT2D eigenvalue weighted by Crippen LogP contribution is -2.40. The summed E-state index contributed by atoms with van der Waals surface area (Å²) in [7, 11) is 0. The van der Waals surface area contributed by atoms with Gasteiger partial charge in [-0.15, -0.1) is 0 Å². The Bertz CT molecular complexity index is 178. The van der Waals surface area contributed by atoms with Crippen LogP contribution in [0.4, 0.5) is 4.39 Å². The highest BCUT2D eigenvalue weighted by Gasteiger charge is 2.19. The molecule has 1 aliphatic heterocycles. The minimum Gasteiger partial charge on any atom is -0.409 e. The van der Waals surface area contributed by atoms with Crippen LogP contribution >= 0.6 is 0 Å². The molecule has 1 heterocycles. The van der Waals surface area contributed by atoms with Gasteiger partial charge in [-0.1, -0.05) is 5.16 Å². The number of rotatable bonds is 3. The Labute approximate surface area is 77.2 Å². The van der Waals surface area contributed by atoms with Crippen molar-refractivity contribution in [3.05, 3.63) is 0 Å². The summed E-state index contributed by atoms with van der Waals surface area (Å²) in [6.45, 7) is 1.93. The lowest BCUT2D eigenvalue weighted by Gasteiger charge is -2.29. The zero-order chi connectivity index (χ0) is 9.68. The van der Waals surface area contributed by atoms with E-state index >= 15 is 0 Å². The number of oxime groups is 1. The van der Waals surface area contributed by atoms with Crippen LogP contribution in [0, 0.1) is 5.92 Å². The lowest BCUT2D eigenvalue weighted by molar-refractivity contribution is 0.180. The highest BCUT2D eigenvalue weighted by Crippen LogP contribution is 2.16. The molecule has 5 heteroatoms. The summed E-state index contributed by atoms with van der Waals surface area (Å²) in [5.41, 5.74) is 5.36. The molecular formula is C8H16FN3O. The zero-order valence-corrected chi connectivity index (χ0v) is 7.62. The number of hydrogen-bond donors (Lipinski definition) is 2. The van der Waals surface area contributed by atoms with E-state index in [0.29, 0.717) is 6.54 Å². The van der Waals surface area contributed by atoms with Crippen LogP contribution in [0.3, 0.4) is 0 Å². The van der Waals surface area contributed by atoms with Crippen molar-refractivity contribution in [2.75, 3.05) is 26.3 Å². The average Bonchev–Trinajstić information content (AvgIpc) is 2.19. The molecule has 0 saturated carbocycles. The molecule has 0 unspecified atom stereocenters. The van der Waals surface area contributed by atoms with Crippen molar-refractivity contribution in [1.82, 2.24) is 4.90 Å². The molecule has 0 bridgehead atoms. The van der Waals surface area contributed by atoms with Crippen molar-refractivity contribution in [3.63, 3.8) is 0 Å². The summed E-state index contributed by atoms with van der Waals surface area (Å²) in [6.07, 6.45) is 1.74. The number of piperidine rings is 1. The molecule has 1 saturated heterocycles. The number of likely N-dealkylation sites (tertiary alicyclic amines) is 1. The molecule has 1 fully saturated rings. The van der Waals surface area contributed by atoms with E-state index in [1.165, 1.54) is 0 Å². The van der Waals surface area contributed by atoms with E-state index in [1.807, 2.05) is 0 Å². The van der Waals surface area contributed by atoms with E-state index in [2.05, 4.69) is 10.1 Å². The average molecular weight is 189 g/mol. The highest BCUT2D eigenvalue weighted by atomic mass is 19.1. The third-order valence-corrected chi connectivity index (χ3v) is 2.44. The second-order valence-electron chi connectivity index (χ2n) is 3.47. The number of hydrogen-bond acceptors (Lipinski definition) is 3. The van der Waals surface area contributed by atoms with Gasteiger partial charge in [0, 0.05) is 0 Å². The molecule has 0 amide bonds. The smallest absolute Gasteiger partial charge is 0.153 e. The molecule has 3 N–H and O–H groups in total. The predicted molar refractivity (Wildman–Crippen MR) is 48.5 cm³/mol.